The number of nitriles is 1. The van der Waals surface area contributed by atoms with Crippen molar-refractivity contribution < 1.29 is 23.1 Å². The van der Waals surface area contributed by atoms with E-state index in [1.807, 2.05) is 0 Å². The van der Waals surface area contributed by atoms with Crippen LogP contribution in [-0.2, 0) is 4.79 Å². The van der Waals surface area contributed by atoms with Crippen molar-refractivity contribution in [2.24, 2.45) is 11.8 Å². The molecule has 1 N–H and O–H groups in total. The molecule has 1 heterocycles. The van der Waals surface area contributed by atoms with Crippen molar-refractivity contribution in [1.82, 2.24) is 4.90 Å². The smallest absolute Gasteiger partial charge is 0.405 e. The van der Waals surface area contributed by atoms with Crippen LogP contribution in [0.4, 0.5) is 13.2 Å². The molecule has 0 aromatic carbocycles. The van der Waals surface area contributed by atoms with Gasteiger partial charge in [0, 0.05) is 6.54 Å². The van der Waals surface area contributed by atoms with E-state index in [2.05, 4.69) is 0 Å². The van der Waals surface area contributed by atoms with E-state index >= 15 is 0 Å². The Morgan fingerprint density at radius 2 is 2.22 bits per heavy atom. The van der Waals surface area contributed by atoms with Crippen molar-refractivity contribution in [3.05, 3.63) is 0 Å². The van der Waals surface area contributed by atoms with E-state index in [1.165, 1.54) is 11.0 Å². The Labute approximate surface area is 103 Å². The van der Waals surface area contributed by atoms with Gasteiger partial charge in [0.2, 0.25) is 0 Å². The van der Waals surface area contributed by atoms with Gasteiger partial charge in [-0.1, -0.05) is 6.92 Å². The Morgan fingerprint density at radius 3 is 2.67 bits per heavy atom. The third-order valence-electron chi connectivity index (χ3n) is 3.26. The molecule has 4 nitrogen and oxygen atoms in total. The Balaban J connectivity index is 2.80. The lowest BCUT2D eigenvalue weighted by atomic mass is 9.90. The largest absolute Gasteiger partial charge is 0.480 e. The van der Waals surface area contributed by atoms with Crippen LogP contribution < -0.4 is 0 Å². The molecule has 102 valence electrons. The maximum Gasteiger partial charge on any atom is 0.405 e. The monoisotopic (exact) mass is 264 g/mol. The van der Waals surface area contributed by atoms with E-state index in [0.29, 0.717) is 12.8 Å². The molecule has 18 heavy (non-hydrogen) atoms. The normalized spacial score (nSPS) is 27.5. The first-order valence-electron chi connectivity index (χ1n) is 5.70. The third kappa shape index (κ3) is 3.35. The van der Waals surface area contributed by atoms with Gasteiger partial charge < -0.3 is 5.11 Å². The van der Waals surface area contributed by atoms with Gasteiger partial charge in [-0.3, -0.25) is 9.69 Å². The number of nitrogens with zero attached hydrogens (tertiary/aromatic N) is 2. The first kappa shape index (κ1) is 14.8. The van der Waals surface area contributed by atoms with Crippen LogP contribution in [0.25, 0.3) is 0 Å². The summed E-state index contributed by atoms with van der Waals surface area (Å²) in [6, 6.07) is 0.271. The van der Waals surface area contributed by atoms with Crippen LogP contribution in [-0.4, -0.2) is 41.3 Å². The van der Waals surface area contributed by atoms with Crippen molar-refractivity contribution in [2.75, 3.05) is 13.1 Å². The van der Waals surface area contributed by atoms with Gasteiger partial charge in [-0.25, -0.2) is 0 Å². The summed E-state index contributed by atoms with van der Waals surface area (Å²) in [7, 11) is 0. The first-order chi connectivity index (χ1) is 8.27. The molecular weight excluding hydrogens is 249 g/mol. The number of alkyl halides is 3. The highest BCUT2D eigenvalue weighted by Gasteiger charge is 2.44. The maximum absolute atomic E-state index is 12.5. The van der Waals surface area contributed by atoms with Crippen LogP contribution in [0.15, 0.2) is 0 Å². The van der Waals surface area contributed by atoms with Crippen LogP contribution >= 0.6 is 0 Å². The summed E-state index contributed by atoms with van der Waals surface area (Å²) in [4.78, 5) is 12.4. The summed E-state index contributed by atoms with van der Waals surface area (Å²) in [5, 5.41) is 17.6. The van der Waals surface area contributed by atoms with Gasteiger partial charge in [0.15, 0.2) is 5.92 Å². The maximum atomic E-state index is 12.5. The molecule has 0 radical (unpaired) electrons. The Hall–Kier alpha value is -1.29. The van der Waals surface area contributed by atoms with E-state index in [4.69, 9.17) is 10.4 Å². The number of carbonyl (C=O) groups is 1. The molecule has 0 amide bonds. The number of carboxylic acid groups (broad SMARTS) is 1. The first-order valence-corrected chi connectivity index (χ1v) is 5.70. The zero-order valence-corrected chi connectivity index (χ0v) is 9.94. The van der Waals surface area contributed by atoms with Gasteiger partial charge in [-0.15, -0.1) is 0 Å². The van der Waals surface area contributed by atoms with Crippen LogP contribution in [0.1, 0.15) is 19.8 Å². The Bertz CT molecular complexity index is 351. The quantitative estimate of drug-likeness (QED) is 0.845. The minimum Gasteiger partial charge on any atom is -0.480 e. The lowest BCUT2D eigenvalue weighted by molar-refractivity contribution is -0.170. The molecule has 0 aliphatic carbocycles. The average Bonchev–Trinajstić information content (AvgIpc) is 2.23. The molecule has 1 saturated heterocycles. The molecule has 0 aromatic rings. The van der Waals surface area contributed by atoms with Crippen molar-refractivity contribution in [2.45, 2.75) is 32.0 Å². The zero-order chi connectivity index (χ0) is 13.9. The molecule has 7 heteroatoms. The SMILES string of the molecule is CC1CCCN(CC(C#N)C(F)(F)F)C1C(=O)O. The minimum absolute atomic E-state index is 0.205. The lowest BCUT2D eigenvalue weighted by Crippen LogP contribution is -2.52. The van der Waals surface area contributed by atoms with Gasteiger partial charge in [-0.2, -0.15) is 18.4 Å². The van der Waals surface area contributed by atoms with E-state index in [9.17, 15) is 18.0 Å². The zero-order valence-electron chi connectivity index (χ0n) is 9.94. The fraction of sp³-hybridized carbons (Fsp3) is 0.818. The second kappa shape index (κ2) is 5.57. The summed E-state index contributed by atoms with van der Waals surface area (Å²) in [5.74, 6) is -3.46. The van der Waals surface area contributed by atoms with Gasteiger partial charge in [0.1, 0.15) is 6.04 Å². The third-order valence-corrected chi connectivity index (χ3v) is 3.26. The Morgan fingerprint density at radius 1 is 1.61 bits per heavy atom. The molecule has 1 fully saturated rings. The number of halogens is 3. The number of piperidine rings is 1. The van der Waals surface area contributed by atoms with Crippen molar-refractivity contribution in [3.8, 4) is 6.07 Å². The number of rotatable bonds is 3. The summed E-state index contributed by atoms with van der Waals surface area (Å²) >= 11 is 0. The predicted octanol–water partition coefficient (Wildman–Crippen LogP) is 1.87. The van der Waals surface area contributed by atoms with Gasteiger partial charge in [0.25, 0.3) is 0 Å². The van der Waals surface area contributed by atoms with E-state index in [1.54, 1.807) is 6.92 Å². The average molecular weight is 264 g/mol. The second-order valence-corrected chi connectivity index (χ2v) is 4.62. The molecule has 1 aliphatic heterocycles. The number of hydrogen-bond acceptors (Lipinski definition) is 3. The van der Waals surface area contributed by atoms with E-state index in [-0.39, 0.29) is 12.5 Å². The topological polar surface area (TPSA) is 64.3 Å². The van der Waals surface area contributed by atoms with Crippen LogP contribution in [0.3, 0.4) is 0 Å². The molecule has 0 spiro atoms. The summed E-state index contributed by atoms with van der Waals surface area (Å²) < 4.78 is 37.5. The summed E-state index contributed by atoms with van der Waals surface area (Å²) in [6.07, 6.45) is -3.28. The lowest BCUT2D eigenvalue weighted by Gasteiger charge is -2.38. The van der Waals surface area contributed by atoms with Crippen LogP contribution in [0.5, 0.6) is 0 Å². The molecule has 1 aliphatic rings. The molecule has 1 rings (SSSR count). The van der Waals surface area contributed by atoms with Gasteiger partial charge in [0.05, 0.1) is 6.07 Å². The van der Waals surface area contributed by atoms with E-state index < -0.39 is 30.7 Å². The van der Waals surface area contributed by atoms with Crippen LogP contribution in [0.2, 0.25) is 0 Å². The molecule has 3 atom stereocenters. The molecule has 0 bridgehead atoms. The summed E-state index contributed by atoms with van der Waals surface area (Å²) in [5.41, 5.74) is 0. The fourth-order valence-electron chi connectivity index (χ4n) is 2.33. The summed E-state index contributed by atoms with van der Waals surface area (Å²) in [6.45, 7) is 1.43. The molecule has 3 unspecified atom stereocenters. The highest BCUT2D eigenvalue weighted by molar-refractivity contribution is 5.74. The minimum atomic E-state index is -4.61. The van der Waals surface area contributed by atoms with Gasteiger partial charge in [-0.05, 0) is 25.3 Å². The Kier molecular flexibility index (Phi) is 4.57. The van der Waals surface area contributed by atoms with Crippen molar-refractivity contribution in [3.63, 3.8) is 0 Å². The highest BCUT2D eigenvalue weighted by atomic mass is 19.4. The van der Waals surface area contributed by atoms with Crippen LogP contribution in [0, 0.1) is 23.2 Å². The highest BCUT2D eigenvalue weighted by Crippen LogP contribution is 2.30. The molecule has 0 saturated carbocycles. The van der Waals surface area contributed by atoms with Crippen molar-refractivity contribution in [1.29, 1.82) is 5.26 Å². The molecular formula is C11H15F3N2O2. The molecule has 0 aromatic heterocycles. The standard InChI is InChI=1S/C11H15F3N2O2/c1-7-3-2-4-16(9(7)10(17)18)6-8(5-15)11(12,13)14/h7-9H,2-4,6H2,1H3,(H,17,18). The number of carboxylic acids is 1. The van der Waals surface area contributed by atoms with Crippen molar-refractivity contribution >= 4 is 5.97 Å². The van der Waals surface area contributed by atoms with Gasteiger partial charge >= 0.3 is 12.1 Å². The fourth-order valence-corrected chi connectivity index (χ4v) is 2.33. The number of hydrogen-bond donors (Lipinski definition) is 1. The van der Waals surface area contributed by atoms with E-state index in [0.717, 1.165) is 0 Å². The number of aliphatic carboxylic acids is 1. The second-order valence-electron chi connectivity index (χ2n) is 4.62. The predicted molar refractivity (Wildman–Crippen MR) is 56.6 cm³/mol. The number of likely N-dealkylation sites (tertiary alicyclic amines) is 1.